The summed E-state index contributed by atoms with van der Waals surface area (Å²) >= 11 is 0. The first-order chi connectivity index (χ1) is 50.4. The van der Waals surface area contributed by atoms with E-state index in [1.807, 2.05) is 83.1 Å². The van der Waals surface area contributed by atoms with E-state index in [-0.39, 0.29) is 152 Å². The number of ketones is 7. The lowest BCUT2D eigenvalue weighted by Gasteiger charge is -2.31. The molecule has 13 nitrogen and oxygen atoms in total. The quantitative estimate of drug-likeness (QED) is 0.0448. The van der Waals surface area contributed by atoms with E-state index >= 15 is 0 Å². The highest BCUT2D eigenvalue weighted by Gasteiger charge is 2.33. The second-order valence-electron chi connectivity index (χ2n) is 39.3. The van der Waals surface area contributed by atoms with Crippen LogP contribution in [0.4, 0.5) is 0 Å². The van der Waals surface area contributed by atoms with Crippen LogP contribution in [0, 0.1) is 142 Å². The summed E-state index contributed by atoms with van der Waals surface area (Å²) in [5.41, 5.74) is 0. The molecule has 694 valence electrons. The zero-order valence-corrected chi connectivity index (χ0v) is 87.3. The Morgan fingerprint density at radius 2 is 0.678 bits per heavy atom. The maximum Gasteiger partial charge on any atom is 0.305 e. The minimum absolute atomic E-state index is 0. The number of hydrogen-bond donors (Lipinski definition) is 1. The first kappa shape index (κ1) is 137. The van der Waals surface area contributed by atoms with Crippen molar-refractivity contribution in [1.82, 2.24) is 5.32 Å². The third-order valence-corrected chi connectivity index (χ3v) is 19.5. The molecule has 0 heterocycles. The van der Waals surface area contributed by atoms with E-state index < -0.39 is 0 Å². The summed E-state index contributed by atoms with van der Waals surface area (Å²) in [5.74, 6) is 11.4. The summed E-state index contributed by atoms with van der Waals surface area (Å²) in [6, 6.07) is 0. The fourth-order valence-electron chi connectivity index (χ4n) is 13.9. The maximum absolute atomic E-state index is 12.2. The fourth-order valence-corrected chi connectivity index (χ4v) is 13.9. The van der Waals surface area contributed by atoms with E-state index in [0.717, 1.165) is 148 Å². The van der Waals surface area contributed by atoms with Crippen molar-refractivity contribution in [2.75, 3.05) is 39.6 Å². The molecule has 1 rings (SSSR count). The molecule has 0 bridgehead atoms. The number of Topliss-reactive ketones (excluding diaryl/α,β-unsaturated/α-hetero) is 7. The van der Waals surface area contributed by atoms with E-state index in [1.54, 1.807) is 0 Å². The number of amides is 1. The van der Waals surface area contributed by atoms with Crippen LogP contribution in [0.3, 0.4) is 0 Å². The molecule has 1 fully saturated rings. The molecule has 115 heavy (non-hydrogen) atoms. The van der Waals surface area contributed by atoms with E-state index in [9.17, 15) is 43.2 Å². The van der Waals surface area contributed by atoms with E-state index in [1.165, 1.54) is 0 Å². The fraction of sp³-hybridized carbons (Fsp3) is 0.906. The molecular formula is C96H197NO12S6. The van der Waals surface area contributed by atoms with Gasteiger partial charge < -0.3 is 19.5 Å². The topological polar surface area (TPSA) is 193 Å². The lowest BCUT2D eigenvalue weighted by atomic mass is 9.73. The smallest absolute Gasteiger partial charge is 0.305 e. The summed E-state index contributed by atoms with van der Waals surface area (Å²) in [6.07, 6.45) is 21.1. The van der Waals surface area contributed by atoms with Gasteiger partial charge in [0.15, 0.2) is 0 Å². The Hall–Kier alpha value is -1.35. The Bertz CT molecular complexity index is 2290. The molecule has 8 atom stereocenters. The van der Waals surface area contributed by atoms with Gasteiger partial charge >= 0.3 is 5.97 Å². The van der Waals surface area contributed by atoms with Crippen LogP contribution in [0.5, 0.6) is 0 Å². The van der Waals surface area contributed by atoms with Crippen LogP contribution in [-0.4, -0.2) is 91.9 Å². The summed E-state index contributed by atoms with van der Waals surface area (Å²) < 4.78 is 16.4. The highest BCUT2D eigenvalue weighted by molar-refractivity contribution is 7.60. The molecule has 1 aliphatic rings. The normalized spacial score (nSPS) is 15.1. The Balaban J connectivity index is -0.000000125. The molecule has 0 aromatic carbocycles. The van der Waals surface area contributed by atoms with Crippen molar-refractivity contribution in [3.05, 3.63) is 0 Å². The second kappa shape index (κ2) is 82.3. The van der Waals surface area contributed by atoms with Crippen LogP contribution in [0.2, 0.25) is 0 Å². The molecule has 0 aromatic heterocycles. The van der Waals surface area contributed by atoms with E-state index in [4.69, 9.17) is 14.2 Å². The van der Waals surface area contributed by atoms with Crippen LogP contribution in [-0.2, 0) is 57.4 Å². The van der Waals surface area contributed by atoms with Gasteiger partial charge in [-0.3, -0.25) is 43.2 Å². The molecule has 0 saturated heterocycles. The number of rotatable bonds is 53. The van der Waals surface area contributed by atoms with Gasteiger partial charge in [-0.2, -0.15) is 81.0 Å². The van der Waals surface area contributed by atoms with Gasteiger partial charge in [-0.1, -0.05) is 261 Å². The largest absolute Gasteiger partial charge is 0.465 e. The minimum atomic E-state index is -0.0920. The first-order valence-corrected chi connectivity index (χ1v) is 44.7. The van der Waals surface area contributed by atoms with Crippen molar-refractivity contribution in [3.8, 4) is 0 Å². The molecular weight excluding hydrogens is 1550 g/mol. The van der Waals surface area contributed by atoms with Crippen molar-refractivity contribution >= 4 is 133 Å². The van der Waals surface area contributed by atoms with Crippen molar-refractivity contribution in [1.29, 1.82) is 0 Å². The molecule has 1 aliphatic carbocycles. The molecule has 1 N–H and O–H groups in total. The monoisotopic (exact) mass is 1750 g/mol. The van der Waals surface area contributed by atoms with Gasteiger partial charge in [0.25, 0.3) is 0 Å². The van der Waals surface area contributed by atoms with Gasteiger partial charge in [-0.15, -0.1) is 0 Å². The predicted molar refractivity (Wildman–Crippen MR) is 526 cm³/mol. The predicted octanol–water partition coefficient (Wildman–Crippen LogP) is 25.7. The number of carbonyl (C=O) groups excluding carboxylic acids is 9. The lowest BCUT2D eigenvalue weighted by molar-refractivity contribution is -0.145. The van der Waals surface area contributed by atoms with Crippen molar-refractivity contribution in [3.63, 3.8) is 0 Å². The molecule has 1 saturated carbocycles. The lowest BCUT2D eigenvalue weighted by Crippen LogP contribution is -2.31. The van der Waals surface area contributed by atoms with Gasteiger partial charge in [-0.25, -0.2) is 0 Å². The van der Waals surface area contributed by atoms with Gasteiger partial charge in [0, 0.05) is 123 Å². The van der Waals surface area contributed by atoms with Crippen LogP contribution in [0.25, 0.3) is 0 Å². The third-order valence-electron chi connectivity index (χ3n) is 19.5. The average Bonchev–Trinajstić information content (AvgIpc) is 0.848. The zero-order chi connectivity index (χ0) is 85.4. The number of carbonyl (C=O) groups is 9. The average molecular weight is 1750 g/mol. The molecule has 1 amide bonds. The van der Waals surface area contributed by atoms with Crippen LogP contribution in [0.1, 0.15) is 383 Å². The number of nitrogens with one attached hydrogen (secondary N) is 1. The standard InChI is InChI=1S/C20H38O2.C19H36O3.C16H31NO2.C15H30O2.C14H28O2.C12H22O.6H2S/c1-15(2)12-13-19(21)11-9-7-8-10-18(14-16(3)4)20(22)17(5)6;1-14(2)12-17(19(21)16(5)6)10-8-7-9-11-18(20)22-13-15(3)4;1-11(2)9-14(16(19)13(5)6)7-8-15(18)17-10-12(3)4;1-11(2)9-14(15(16)13(5)6)7-8-17-10-12(3)4;1-10(2)7-13(14(15)12(5)6)9-16-8-11(3)4;1-8(2)5-11-7-9(3)6-10(4)12(11)13;;;;;;/h15-18H,7-14H2,1-6H3;14-17H,7-13H2,1-6H3;11-14H,7-10H2,1-6H3,(H,17,18);11-14H,7-10H2,1-6H3;10-13H,7-9H2,1-6H3;8-11H,5-7H2,1-4H3;6*1H2/t18-;17-;2*14-;13-;9?,10?,11-;;;;;;/m111100....../s1. The van der Waals surface area contributed by atoms with E-state index in [0.29, 0.717) is 163 Å². The summed E-state index contributed by atoms with van der Waals surface area (Å²) in [5, 5.41) is 2.91. The minimum Gasteiger partial charge on any atom is -0.465 e. The number of esters is 1. The molecule has 0 aromatic rings. The first-order valence-electron chi connectivity index (χ1n) is 44.7. The zero-order valence-electron chi connectivity index (χ0n) is 81.3. The van der Waals surface area contributed by atoms with Gasteiger partial charge in [0.2, 0.25) is 5.91 Å². The van der Waals surface area contributed by atoms with Crippen molar-refractivity contribution < 1.29 is 57.4 Å². The Labute approximate surface area is 755 Å². The maximum atomic E-state index is 12.2. The van der Waals surface area contributed by atoms with Gasteiger partial charge in [0.05, 0.1) is 13.2 Å². The van der Waals surface area contributed by atoms with Crippen molar-refractivity contribution in [2.24, 2.45) is 142 Å². The Morgan fingerprint density at radius 3 is 1.03 bits per heavy atom. The number of hydrogen-bond acceptors (Lipinski definition) is 12. The molecule has 19 heteroatoms. The highest BCUT2D eigenvalue weighted by Crippen LogP contribution is 2.34. The van der Waals surface area contributed by atoms with Gasteiger partial charge in [0.1, 0.15) is 40.5 Å². The Kier molecular flexibility index (Phi) is 97.9. The Morgan fingerprint density at radius 1 is 0.330 bits per heavy atom. The van der Waals surface area contributed by atoms with Crippen LogP contribution in [0.15, 0.2) is 0 Å². The second-order valence-corrected chi connectivity index (χ2v) is 39.3. The summed E-state index contributed by atoms with van der Waals surface area (Å²) in [4.78, 5) is 107. The third kappa shape index (κ3) is 84.6. The SMILES string of the molecule is CC(C)CCC(=O)CCCCC[C@H](CC(C)C)C(=O)C(C)C.CC(C)CNC(=O)CC[C@H](CC(C)C)C(=O)C(C)C.CC(C)COC(=O)CCCCC[C@H](CC(C)C)C(=O)C(C)C.CC(C)COCC[C@H](CC(C)C)C(=O)C(C)C.CC(C)COC[C@H](CC(C)C)C(=O)C(C)C.CC(C)C[C@H]1CC(C)CC(C)C1=O.S.S.S.S.S.S. The molecule has 0 spiro atoms. The molecule has 0 radical (unpaired) electrons. The van der Waals surface area contributed by atoms with Crippen molar-refractivity contribution in [2.45, 2.75) is 383 Å². The highest BCUT2D eigenvalue weighted by atomic mass is 32.1. The van der Waals surface area contributed by atoms with Crippen LogP contribution >= 0.6 is 81.0 Å². The number of ether oxygens (including phenoxy) is 3. The number of unbranched alkanes of at least 4 members (excludes halogenated alkanes) is 4. The van der Waals surface area contributed by atoms with E-state index in [2.05, 4.69) is 158 Å². The summed E-state index contributed by atoms with van der Waals surface area (Å²) in [6.45, 7) is 75.3. The molecule has 0 aliphatic heterocycles. The summed E-state index contributed by atoms with van der Waals surface area (Å²) in [7, 11) is 0. The molecule has 2 unspecified atom stereocenters. The van der Waals surface area contributed by atoms with Crippen LogP contribution < -0.4 is 5.32 Å². The van der Waals surface area contributed by atoms with Gasteiger partial charge in [-0.05, 0) is 167 Å².